The minimum absolute atomic E-state index is 0.287. The predicted octanol–water partition coefficient (Wildman–Crippen LogP) is 2.30. The second-order valence-corrected chi connectivity index (χ2v) is 6.72. The largest absolute Gasteiger partial charge is 0.383 e. The molecule has 1 aliphatic rings. The maximum absolute atomic E-state index is 12.0. The van der Waals surface area contributed by atoms with Crippen LogP contribution in [0.15, 0.2) is 24.5 Å². The van der Waals surface area contributed by atoms with E-state index >= 15 is 0 Å². The van der Waals surface area contributed by atoms with Gasteiger partial charge in [0.1, 0.15) is 10.6 Å². The first-order valence-corrected chi connectivity index (χ1v) is 8.58. The summed E-state index contributed by atoms with van der Waals surface area (Å²) in [6, 6.07) is 3.26. The van der Waals surface area contributed by atoms with Gasteiger partial charge >= 0.3 is 0 Å². The van der Waals surface area contributed by atoms with Crippen LogP contribution in [0.2, 0.25) is 0 Å². The van der Waals surface area contributed by atoms with Gasteiger partial charge in [-0.25, -0.2) is 4.98 Å². The van der Waals surface area contributed by atoms with Crippen molar-refractivity contribution in [3.05, 3.63) is 40.5 Å². The van der Waals surface area contributed by atoms with Gasteiger partial charge in [0.05, 0.1) is 5.39 Å². The van der Waals surface area contributed by atoms with Crippen LogP contribution < -0.4 is 16.6 Å². The van der Waals surface area contributed by atoms with E-state index in [1.807, 2.05) is 0 Å². The number of nitrogens with one attached hydrogen (secondary N) is 2. The van der Waals surface area contributed by atoms with E-state index in [1.54, 1.807) is 35.9 Å². The second kappa shape index (κ2) is 6.04. The van der Waals surface area contributed by atoms with Crippen LogP contribution in [-0.2, 0) is 12.8 Å². The Balaban J connectivity index is 1.58. The standard InChI is InChI=1S/C16H16N6OS/c17-13-12-10-3-1-2-4-11(10)24-15(12)20-16(19-13)22-21-14(23)9-5-7-18-8-6-9/h5-8H,1-4H2,(H,21,23)(H3,17,19,20,22). The Labute approximate surface area is 142 Å². The van der Waals surface area contributed by atoms with Crippen LogP contribution in [-0.4, -0.2) is 20.9 Å². The molecule has 0 fully saturated rings. The molecule has 24 heavy (non-hydrogen) atoms. The van der Waals surface area contributed by atoms with Crippen molar-refractivity contribution in [3.8, 4) is 0 Å². The Morgan fingerprint density at radius 2 is 1.96 bits per heavy atom. The molecule has 0 saturated heterocycles. The first-order valence-electron chi connectivity index (χ1n) is 7.76. The third-order valence-electron chi connectivity index (χ3n) is 4.07. The minimum atomic E-state index is -0.287. The van der Waals surface area contributed by atoms with Crippen LogP contribution in [0.4, 0.5) is 11.8 Å². The average Bonchev–Trinajstić information content (AvgIpc) is 2.99. The fraction of sp³-hybridized carbons (Fsp3) is 0.250. The van der Waals surface area contributed by atoms with Gasteiger partial charge in [-0.1, -0.05) is 0 Å². The number of aromatic nitrogens is 3. The van der Waals surface area contributed by atoms with E-state index in [1.165, 1.54) is 23.3 Å². The van der Waals surface area contributed by atoms with Gasteiger partial charge in [0.25, 0.3) is 5.91 Å². The average molecular weight is 340 g/mol. The summed E-state index contributed by atoms with van der Waals surface area (Å²) in [6.07, 6.45) is 7.63. The van der Waals surface area contributed by atoms with Crippen molar-refractivity contribution in [2.45, 2.75) is 25.7 Å². The van der Waals surface area contributed by atoms with Crippen LogP contribution in [0.25, 0.3) is 10.2 Å². The first-order chi connectivity index (χ1) is 11.7. The number of nitrogens with two attached hydrogens (primary N) is 1. The number of fused-ring (bicyclic) bond motifs is 3. The van der Waals surface area contributed by atoms with E-state index in [9.17, 15) is 4.79 Å². The number of hydrogen-bond acceptors (Lipinski definition) is 7. The highest BCUT2D eigenvalue weighted by molar-refractivity contribution is 7.19. The van der Waals surface area contributed by atoms with E-state index in [2.05, 4.69) is 25.8 Å². The highest BCUT2D eigenvalue weighted by Gasteiger charge is 2.20. The molecule has 3 heterocycles. The summed E-state index contributed by atoms with van der Waals surface area (Å²) in [6.45, 7) is 0. The molecular formula is C16H16N6OS. The van der Waals surface area contributed by atoms with Crippen molar-refractivity contribution in [2.75, 3.05) is 11.2 Å². The van der Waals surface area contributed by atoms with Gasteiger partial charge in [-0.15, -0.1) is 11.3 Å². The Bertz CT molecular complexity index is 908. The van der Waals surface area contributed by atoms with Crippen LogP contribution in [0, 0.1) is 0 Å². The number of nitrogen functional groups attached to an aromatic ring is 1. The van der Waals surface area contributed by atoms with Crippen LogP contribution in [0.5, 0.6) is 0 Å². The fourth-order valence-corrected chi connectivity index (χ4v) is 4.20. The number of anilines is 2. The number of amides is 1. The van der Waals surface area contributed by atoms with Crippen LogP contribution >= 0.6 is 11.3 Å². The van der Waals surface area contributed by atoms with Gasteiger partial charge < -0.3 is 5.73 Å². The van der Waals surface area contributed by atoms with Crippen molar-refractivity contribution >= 4 is 39.2 Å². The number of hydrogen-bond donors (Lipinski definition) is 3. The number of aryl methyl sites for hydroxylation is 2. The third kappa shape index (κ3) is 2.65. The van der Waals surface area contributed by atoms with E-state index in [-0.39, 0.29) is 5.91 Å². The highest BCUT2D eigenvalue weighted by atomic mass is 32.1. The zero-order valence-corrected chi connectivity index (χ0v) is 13.7. The van der Waals surface area contributed by atoms with Crippen molar-refractivity contribution in [2.24, 2.45) is 0 Å². The zero-order chi connectivity index (χ0) is 16.5. The molecule has 122 valence electrons. The number of hydrazine groups is 1. The van der Waals surface area contributed by atoms with E-state index in [0.717, 1.165) is 23.1 Å². The summed E-state index contributed by atoms with van der Waals surface area (Å²) in [4.78, 5) is 26.9. The molecule has 0 saturated carbocycles. The summed E-state index contributed by atoms with van der Waals surface area (Å²) >= 11 is 1.67. The Kier molecular flexibility index (Phi) is 3.73. The second-order valence-electron chi connectivity index (χ2n) is 5.64. The molecule has 1 amide bonds. The molecule has 0 unspecified atom stereocenters. The SMILES string of the molecule is Nc1nc(NNC(=O)c2ccncc2)nc2sc3c(c12)CCCC3. The fourth-order valence-electron chi connectivity index (χ4n) is 2.93. The molecule has 4 N–H and O–H groups in total. The smallest absolute Gasteiger partial charge is 0.269 e. The molecule has 0 spiro atoms. The molecule has 3 aromatic rings. The Morgan fingerprint density at radius 1 is 1.17 bits per heavy atom. The van der Waals surface area contributed by atoms with Crippen molar-refractivity contribution in [3.63, 3.8) is 0 Å². The molecule has 0 bridgehead atoms. The summed E-state index contributed by atoms with van der Waals surface area (Å²) in [5.74, 6) is 0.464. The van der Waals surface area contributed by atoms with Gasteiger partial charge in [0.2, 0.25) is 5.95 Å². The molecule has 3 aromatic heterocycles. The maximum Gasteiger partial charge on any atom is 0.269 e. The van der Waals surface area contributed by atoms with Gasteiger partial charge in [0, 0.05) is 22.8 Å². The number of nitrogens with zero attached hydrogens (tertiary/aromatic N) is 3. The number of carbonyl (C=O) groups excluding carboxylic acids is 1. The lowest BCUT2D eigenvalue weighted by molar-refractivity contribution is 0.0962. The molecule has 1 aliphatic carbocycles. The summed E-state index contributed by atoms with van der Waals surface area (Å²) in [5, 5.41) is 0.973. The number of carbonyl (C=O) groups is 1. The molecule has 0 radical (unpaired) electrons. The highest BCUT2D eigenvalue weighted by Crippen LogP contribution is 2.38. The van der Waals surface area contributed by atoms with E-state index < -0.39 is 0 Å². The molecule has 0 atom stereocenters. The monoisotopic (exact) mass is 340 g/mol. The normalized spacial score (nSPS) is 13.5. The first kappa shape index (κ1) is 14.8. The predicted molar refractivity (Wildman–Crippen MR) is 93.8 cm³/mol. The summed E-state index contributed by atoms with van der Waals surface area (Å²) in [7, 11) is 0. The maximum atomic E-state index is 12.0. The van der Waals surface area contributed by atoms with Gasteiger partial charge in [0.15, 0.2) is 0 Å². The van der Waals surface area contributed by atoms with E-state index in [4.69, 9.17) is 5.73 Å². The third-order valence-corrected chi connectivity index (χ3v) is 5.26. The summed E-state index contributed by atoms with van der Waals surface area (Å²) in [5.41, 5.74) is 13.3. The van der Waals surface area contributed by atoms with Gasteiger partial charge in [-0.05, 0) is 43.4 Å². The minimum Gasteiger partial charge on any atom is -0.383 e. The van der Waals surface area contributed by atoms with Gasteiger partial charge in [-0.3, -0.25) is 20.6 Å². The number of pyridine rings is 1. The molecule has 0 aliphatic heterocycles. The van der Waals surface area contributed by atoms with Crippen molar-refractivity contribution in [1.29, 1.82) is 0 Å². The van der Waals surface area contributed by atoms with Crippen LogP contribution in [0.3, 0.4) is 0 Å². The zero-order valence-electron chi connectivity index (χ0n) is 12.9. The van der Waals surface area contributed by atoms with Crippen molar-refractivity contribution < 1.29 is 4.79 Å². The van der Waals surface area contributed by atoms with Crippen molar-refractivity contribution in [1.82, 2.24) is 20.4 Å². The molecular weight excluding hydrogens is 324 g/mol. The number of rotatable bonds is 3. The van der Waals surface area contributed by atoms with Gasteiger partial charge in [-0.2, -0.15) is 4.98 Å². The quantitative estimate of drug-likeness (QED) is 0.632. The Hall–Kier alpha value is -2.74. The topological polar surface area (TPSA) is 106 Å². The Morgan fingerprint density at radius 3 is 2.79 bits per heavy atom. The lowest BCUT2D eigenvalue weighted by Crippen LogP contribution is -2.30. The van der Waals surface area contributed by atoms with E-state index in [0.29, 0.717) is 17.3 Å². The molecule has 8 heteroatoms. The molecule has 0 aromatic carbocycles. The molecule has 4 rings (SSSR count). The molecule has 7 nitrogen and oxygen atoms in total. The lowest BCUT2D eigenvalue weighted by atomic mass is 9.97. The number of thiophene rings is 1. The van der Waals surface area contributed by atoms with Crippen LogP contribution in [0.1, 0.15) is 33.6 Å². The lowest BCUT2D eigenvalue weighted by Gasteiger charge is -2.11. The summed E-state index contributed by atoms with van der Waals surface area (Å²) < 4.78 is 0.